The van der Waals surface area contributed by atoms with Crippen LogP contribution in [0, 0.1) is 5.92 Å². The molecule has 0 aliphatic heterocycles. The molecule has 9 nitrogen and oxygen atoms in total. The number of aliphatic hydroxyl groups is 1. The second-order valence-corrected chi connectivity index (χ2v) is 10.6. The van der Waals surface area contributed by atoms with Crippen LogP contribution >= 0.6 is 0 Å². The van der Waals surface area contributed by atoms with E-state index in [1.807, 2.05) is 44.2 Å². The minimum atomic E-state index is -4.10. The second-order valence-electron chi connectivity index (χ2n) is 8.69. The Hall–Kier alpha value is -2.89. The maximum atomic E-state index is 13.6. The van der Waals surface area contributed by atoms with E-state index < -0.39 is 28.1 Å². The third kappa shape index (κ3) is 8.38. The number of hydrogen-bond acceptors (Lipinski definition) is 7. The monoisotopic (exact) mass is 504 g/mol. The molecule has 0 aliphatic rings. The molecule has 2 aromatic carbocycles. The van der Waals surface area contributed by atoms with Gasteiger partial charge in [-0.05, 0) is 30.0 Å². The lowest BCUT2D eigenvalue weighted by Gasteiger charge is -2.30. The Balaban J connectivity index is 2.38. The first-order chi connectivity index (χ1) is 16.4. The summed E-state index contributed by atoms with van der Waals surface area (Å²) in [7, 11) is -1.37. The number of ether oxygens (including phenoxy) is 2. The predicted molar refractivity (Wildman–Crippen MR) is 135 cm³/mol. The van der Waals surface area contributed by atoms with Crippen molar-refractivity contribution in [2.75, 3.05) is 20.2 Å². The first-order valence-electron chi connectivity index (χ1n) is 11.3. The van der Waals surface area contributed by atoms with Crippen molar-refractivity contribution >= 4 is 29.6 Å². The summed E-state index contributed by atoms with van der Waals surface area (Å²) in [5.74, 6) is -0.804. The maximum absolute atomic E-state index is 13.6. The Morgan fingerprint density at radius 3 is 2.29 bits per heavy atom. The quantitative estimate of drug-likeness (QED) is 0.256. The molecule has 0 radical (unpaired) electrons. The van der Waals surface area contributed by atoms with Crippen molar-refractivity contribution < 1.29 is 32.6 Å². The van der Waals surface area contributed by atoms with Gasteiger partial charge < -0.3 is 19.9 Å². The fraction of sp³-hybridized carbons (Fsp3) is 0.417. The summed E-state index contributed by atoms with van der Waals surface area (Å²) < 4.78 is 38.6. The van der Waals surface area contributed by atoms with Gasteiger partial charge in [-0.15, -0.1) is 0 Å². The largest absolute Gasteiger partial charge is 0.493 e. The molecular weight excluding hydrogens is 471 g/mol. The predicted octanol–water partition coefficient (Wildman–Crippen LogP) is 1.58. The lowest BCUT2D eigenvalue weighted by atomic mass is 9.99. The second kappa shape index (κ2) is 12.7. The van der Waals surface area contributed by atoms with Gasteiger partial charge in [-0.3, -0.25) is 9.59 Å². The number of rotatable bonds is 12. The zero-order chi connectivity index (χ0) is 26.2. The van der Waals surface area contributed by atoms with Crippen LogP contribution in [0.4, 0.5) is 4.79 Å². The smallest absolute Gasteiger partial charge is 0.308 e. The summed E-state index contributed by atoms with van der Waals surface area (Å²) in [6, 6.07) is 12.6. The lowest BCUT2D eigenvalue weighted by Crippen LogP contribution is -2.50. The zero-order valence-electron chi connectivity index (χ0n) is 20.7. The highest BCUT2D eigenvalue weighted by Crippen LogP contribution is 2.31. The number of nitrogens with zero attached hydrogens (tertiary/aromatic N) is 1. The number of benzene rings is 2. The van der Waals surface area contributed by atoms with Crippen molar-refractivity contribution in [3.05, 3.63) is 54.1 Å². The molecule has 0 aliphatic carbocycles. The van der Waals surface area contributed by atoms with Crippen LogP contribution in [0.5, 0.6) is 11.5 Å². The van der Waals surface area contributed by atoms with E-state index >= 15 is 0 Å². The third-order valence-electron chi connectivity index (χ3n) is 5.14. The van der Waals surface area contributed by atoms with Crippen LogP contribution in [0.25, 0.3) is 0 Å². The van der Waals surface area contributed by atoms with Gasteiger partial charge in [-0.1, -0.05) is 44.2 Å². The molecule has 0 bridgehead atoms. The standard InChI is InChI=1S/C24H33BN2O7S/c1-16(2)14-27(15-21(29)20(26-24(25)30)12-18-8-6-5-7-9-18)35(31,32)19-10-11-22(33-4)23(13-19)34-17(3)28/h5-11,13,16,20-21,29H,12,14-15,25H2,1-4H3,(H,26,30)/t20-,21+/m0/s1. The van der Waals surface area contributed by atoms with Crippen molar-refractivity contribution in [3.8, 4) is 11.5 Å². The van der Waals surface area contributed by atoms with E-state index in [1.165, 1.54) is 44.4 Å². The third-order valence-corrected chi connectivity index (χ3v) is 6.97. The number of nitrogens with one attached hydrogen (secondary N) is 1. The van der Waals surface area contributed by atoms with Crippen LogP contribution in [0.1, 0.15) is 26.3 Å². The van der Waals surface area contributed by atoms with Gasteiger partial charge >= 0.3 is 5.97 Å². The zero-order valence-corrected chi connectivity index (χ0v) is 21.5. The van der Waals surface area contributed by atoms with Crippen LogP contribution < -0.4 is 14.8 Å². The van der Waals surface area contributed by atoms with Gasteiger partial charge in [0.05, 0.1) is 24.2 Å². The van der Waals surface area contributed by atoms with Crippen LogP contribution in [0.15, 0.2) is 53.4 Å². The van der Waals surface area contributed by atoms with Gasteiger partial charge in [-0.2, -0.15) is 4.31 Å². The number of esters is 1. The van der Waals surface area contributed by atoms with E-state index in [-0.39, 0.29) is 41.2 Å². The molecule has 35 heavy (non-hydrogen) atoms. The first-order valence-corrected chi connectivity index (χ1v) is 12.7. The molecule has 2 aromatic rings. The highest BCUT2D eigenvalue weighted by Gasteiger charge is 2.31. The SMILES string of the molecule is BC(=O)N[C@@H](Cc1ccccc1)[C@H](O)CN(CC(C)C)S(=O)(=O)c1ccc(OC)c(OC(C)=O)c1. The Kier molecular flexibility index (Phi) is 10.3. The van der Waals surface area contributed by atoms with Gasteiger partial charge in [0.15, 0.2) is 17.3 Å². The number of hydrogen-bond donors (Lipinski definition) is 2. The lowest BCUT2D eigenvalue weighted by molar-refractivity contribution is -0.132. The van der Waals surface area contributed by atoms with Crippen LogP contribution in [0.2, 0.25) is 0 Å². The summed E-state index contributed by atoms with van der Waals surface area (Å²) in [5.41, 5.74) is 0.893. The molecule has 0 saturated heterocycles. The Morgan fingerprint density at radius 1 is 1.09 bits per heavy atom. The normalized spacial score (nSPS) is 13.3. The molecule has 0 aromatic heterocycles. The molecule has 1 amide bonds. The molecule has 0 unspecified atom stereocenters. The fourth-order valence-corrected chi connectivity index (χ4v) is 5.26. The van der Waals surface area contributed by atoms with Gasteiger partial charge in [0, 0.05) is 26.1 Å². The molecule has 2 atom stereocenters. The van der Waals surface area contributed by atoms with E-state index in [9.17, 15) is 23.1 Å². The van der Waals surface area contributed by atoms with Gasteiger partial charge in [-0.25, -0.2) is 8.42 Å². The Morgan fingerprint density at radius 2 is 1.74 bits per heavy atom. The van der Waals surface area contributed by atoms with Crippen molar-refractivity contribution in [2.24, 2.45) is 5.92 Å². The van der Waals surface area contributed by atoms with Gasteiger partial charge in [0.25, 0.3) is 0 Å². The van der Waals surface area contributed by atoms with Crippen molar-refractivity contribution in [1.29, 1.82) is 0 Å². The summed E-state index contributed by atoms with van der Waals surface area (Å²) in [5, 5.41) is 13.8. The Labute approximate surface area is 207 Å². The van der Waals surface area contributed by atoms with E-state index in [2.05, 4.69) is 5.32 Å². The molecule has 2 rings (SSSR count). The molecule has 190 valence electrons. The number of carbonyl (C=O) groups excluding carboxylic acids is 2. The molecule has 0 heterocycles. The molecule has 2 N–H and O–H groups in total. The summed E-state index contributed by atoms with van der Waals surface area (Å²) >= 11 is 0. The summed E-state index contributed by atoms with van der Waals surface area (Å²) in [6.45, 7) is 4.82. The van der Waals surface area contributed by atoms with E-state index in [0.717, 1.165) is 5.56 Å². The van der Waals surface area contributed by atoms with Crippen LogP contribution in [0.3, 0.4) is 0 Å². The van der Waals surface area contributed by atoms with Gasteiger partial charge in [0.2, 0.25) is 17.9 Å². The highest BCUT2D eigenvalue weighted by molar-refractivity contribution is 7.89. The molecule has 0 fully saturated rings. The van der Waals surface area contributed by atoms with Crippen molar-refractivity contribution in [1.82, 2.24) is 9.62 Å². The number of carbonyl (C=O) groups is 2. The number of methoxy groups -OCH3 is 1. The minimum Gasteiger partial charge on any atom is -0.493 e. The molecule has 11 heteroatoms. The molecule has 0 spiro atoms. The highest BCUT2D eigenvalue weighted by atomic mass is 32.2. The van der Waals surface area contributed by atoms with E-state index in [1.54, 1.807) is 0 Å². The average Bonchev–Trinajstić information content (AvgIpc) is 2.77. The summed E-state index contributed by atoms with van der Waals surface area (Å²) in [4.78, 5) is 23.2. The summed E-state index contributed by atoms with van der Waals surface area (Å²) in [6.07, 6.45) is -0.852. The fourth-order valence-electron chi connectivity index (χ4n) is 3.63. The van der Waals surface area contributed by atoms with Crippen molar-refractivity contribution in [2.45, 2.75) is 44.2 Å². The van der Waals surface area contributed by atoms with Crippen LogP contribution in [-0.2, 0) is 21.2 Å². The first kappa shape index (κ1) is 28.4. The van der Waals surface area contributed by atoms with Crippen molar-refractivity contribution in [3.63, 3.8) is 0 Å². The maximum Gasteiger partial charge on any atom is 0.308 e. The van der Waals surface area contributed by atoms with E-state index in [0.29, 0.717) is 6.42 Å². The number of amides is 1. The van der Waals surface area contributed by atoms with Gasteiger partial charge in [0.1, 0.15) is 0 Å². The number of aliphatic hydroxyl groups excluding tert-OH is 1. The van der Waals surface area contributed by atoms with E-state index in [4.69, 9.17) is 9.47 Å². The number of sulfonamides is 1. The average molecular weight is 504 g/mol. The van der Waals surface area contributed by atoms with Crippen LogP contribution in [-0.4, -0.2) is 69.8 Å². The Bertz CT molecular complexity index is 1110. The molecule has 0 saturated carbocycles. The topological polar surface area (TPSA) is 122 Å². The molecular formula is C24H33BN2O7S. The minimum absolute atomic E-state index is 0.0219.